The fraction of sp³-hybridized carbons (Fsp3) is 0.438. The molecule has 2 aromatic rings. The van der Waals surface area contributed by atoms with Gasteiger partial charge in [-0.25, -0.2) is 0 Å². The van der Waals surface area contributed by atoms with Gasteiger partial charge in [0.05, 0.1) is 19.8 Å². The van der Waals surface area contributed by atoms with Crippen molar-refractivity contribution in [1.29, 1.82) is 0 Å². The molecule has 1 aromatic heterocycles. The van der Waals surface area contributed by atoms with E-state index >= 15 is 0 Å². The van der Waals surface area contributed by atoms with Crippen molar-refractivity contribution < 1.29 is 18.7 Å². The molecule has 1 fully saturated rings. The van der Waals surface area contributed by atoms with Gasteiger partial charge in [-0.2, -0.15) is 0 Å². The van der Waals surface area contributed by atoms with Crippen LogP contribution in [0.3, 0.4) is 0 Å². The number of nitrogens with zero attached hydrogens (tertiary/aromatic N) is 3. The van der Waals surface area contributed by atoms with Crippen molar-refractivity contribution in [2.75, 3.05) is 26.4 Å². The van der Waals surface area contributed by atoms with E-state index in [1.807, 2.05) is 12.1 Å². The van der Waals surface area contributed by atoms with Crippen molar-refractivity contribution in [2.24, 2.45) is 0 Å². The quantitative estimate of drug-likeness (QED) is 0.836. The first-order valence-electron chi connectivity index (χ1n) is 7.67. The fourth-order valence-corrected chi connectivity index (χ4v) is 2.98. The van der Waals surface area contributed by atoms with Crippen LogP contribution in [0.5, 0.6) is 5.75 Å². The number of carbonyl (C=O) groups is 1. The second kappa shape index (κ2) is 5.66. The molecule has 0 spiro atoms. The third kappa shape index (κ3) is 2.57. The van der Waals surface area contributed by atoms with Crippen LogP contribution in [-0.4, -0.2) is 47.4 Å². The molecule has 3 heterocycles. The molecule has 1 amide bonds. The lowest BCUT2D eigenvalue weighted by molar-refractivity contribution is -0.0106. The Balaban J connectivity index is 1.62. The van der Waals surface area contributed by atoms with Gasteiger partial charge in [0.15, 0.2) is 0 Å². The Morgan fingerprint density at radius 2 is 2.22 bits per heavy atom. The predicted octanol–water partition coefficient (Wildman–Crippen LogP) is 1.53. The average Bonchev–Trinajstić information content (AvgIpc) is 3.22. The lowest BCUT2D eigenvalue weighted by Gasteiger charge is -2.33. The zero-order valence-corrected chi connectivity index (χ0v) is 12.8. The molecule has 2 aliphatic heterocycles. The highest BCUT2D eigenvalue weighted by Crippen LogP contribution is 2.29. The van der Waals surface area contributed by atoms with Crippen LogP contribution < -0.4 is 4.74 Å². The monoisotopic (exact) mass is 315 g/mol. The van der Waals surface area contributed by atoms with E-state index < -0.39 is 0 Å². The average molecular weight is 315 g/mol. The summed E-state index contributed by atoms with van der Waals surface area (Å²) < 4.78 is 16.5. The Morgan fingerprint density at radius 3 is 3.04 bits per heavy atom. The minimum absolute atomic E-state index is 0.0520. The normalized spacial score (nSPS) is 20.2. The van der Waals surface area contributed by atoms with Gasteiger partial charge in [-0.1, -0.05) is 0 Å². The van der Waals surface area contributed by atoms with Crippen molar-refractivity contribution >= 4 is 5.91 Å². The SMILES string of the molecule is Cc1nnc([C@H]2COCCN2C(=O)c2ccc3c(c2)CCO3)o1. The summed E-state index contributed by atoms with van der Waals surface area (Å²) >= 11 is 0. The lowest BCUT2D eigenvalue weighted by Crippen LogP contribution is -2.43. The van der Waals surface area contributed by atoms with Crippen LogP contribution in [-0.2, 0) is 11.2 Å². The van der Waals surface area contributed by atoms with E-state index in [0.29, 0.717) is 43.7 Å². The van der Waals surface area contributed by atoms with E-state index in [4.69, 9.17) is 13.9 Å². The van der Waals surface area contributed by atoms with Gasteiger partial charge in [-0.05, 0) is 23.8 Å². The van der Waals surface area contributed by atoms with E-state index in [2.05, 4.69) is 10.2 Å². The number of ether oxygens (including phenoxy) is 2. The summed E-state index contributed by atoms with van der Waals surface area (Å²) in [6.07, 6.45) is 0.839. The minimum atomic E-state index is -0.345. The zero-order valence-electron chi connectivity index (χ0n) is 12.8. The molecule has 4 rings (SSSR count). The van der Waals surface area contributed by atoms with Gasteiger partial charge in [0.1, 0.15) is 11.8 Å². The number of amides is 1. The largest absolute Gasteiger partial charge is 0.493 e. The van der Waals surface area contributed by atoms with Crippen molar-refractivity contribution in [3.05, 3.63) is 41.1 Å². The van der Waals surface area contributed by atoms with Gasteiger partial charge in [0.2, 0.25) is 11.8 Å². The van der Waals surface area contributed by atoms with E-state index in [0.717, 1.165) is 17.7 Å². The first-order valence-corrected chi connectivity index (χ1v) is 7.67. The Kier molecular flexibility index (Phi) is 3.49. The molecule has 2 aliphatic rings. The summed E-state index contributed by atoms with van der Waals surface area (Å²) in [6, 6.07) is 5.23. The molecule has 0 radical (unpaired) electrons. The van der Waals surface area contributed by atoms with Crippen molar-refractivity contribution in [2.45, 2.75) is 19.4 Å². The van der Waals surface area contributed by atoms with E-state index in [1.54, 1.807) is 17.9 Å². The summed E-state index contributed by atoms with van der Waals surface area (Å²) in [4.78, 5) is 14.7. The topological polar surface area (TPSA) is 77.7 Å². The van der Waals surface area contributed by atoms with E-state index in [9.17, 15) is 4.79 Å². The molecule has 120 valence electrons. The van der Waals surface area contributed by atoms with Crippen LogP contribution in [0.25, 0.3) is 0 Å². The summed E-state index contributed by atoms with van der Waals surface area (Å²) in [6.45, 7) is 3.77. The van der Waals surface area contributed by atoms with Crippen LogP contribution in [0.1, 0.15) is 33.7 Å². The Labute approximate surface area is 133 Å². The first-order chi connectivity index (χ1) is 11.2. The van der Waals surface area contributed by atoms with Gasteiger partial charge in [0, 0.05) is 25.5 Å². The molecule has 0 N–H and O–H groups in total. The molecule has 7 heteroatoms. The van der Waals surface area contributed by atoms with Gasteiger partial charge in [-0.15, -0.1) is 10.2 Å². The minimum Gasteiger partial charge on any atom is -0.493 e. The van der Waals surface area contributed by atoms with Gasteiger partial charge >= 0.3 is 0 Å². The second-order valence-electron chi connectivity index (χ2n) is 5.67. The Bertz CT molecular complexity index is 743. The number of carbonyl (C=O) groups excluding carboxylic acids is 1. The molecule has 1 atom stereocenters. The van der Waals surface area contributed by atoms with Gasteiger partial charge in [-0.3, -0.25) is 4.79 Å². The maximum Gasteiger partial charge on any atom is 0.254 e. The maximum atomic E-state index is 12.9. The van der Waals surface area contributed by atoms with Crippen LogP contribution in [0, 0.1) is 6.92 Å². The third-order valence-corrected chi connectivity index (χ3v) is 4.15. The highest BCUT2D eigenvalue weighted by molar-refractivity contribution is 5.95. The first kappa shape index (κ1) is 14.2. The fourth-order valence-electron chi connectivity index (χ4n) is 2.98. The standard InChI is InChI=1S/C16H17N3O4/c1-10-17-18-15(23-10)13-9-21-7-5-19(13)16(20)12-2-3-14-11(8-12)4-6-22-14/h2-3,8,13H,4-7,9H2,1H3/t13-/m1/s1. The number of morpholine rings is 1. The third-order valence-electron chi connectivity index (χ3n) is 4.15. The van der Waals surface area contributed by atoms with Gasteiger partial charge in [0.25, 0.3) is 5.91 Å². The van der Waals surface area contributed by atoms with Gasteiger partial charge < -0.3 is 18.8 Å². The van der Waals surface area contributed by atoms with Crippen molar-refractivity contribution in [3.63, 3.8) is 0 Å². The molecule has 23 heavy (non-hydrogen) atoms. The highest BCUT2D eigenvalue weighted by Gasteiger charge is 2.33. The molecule has 0 saturated carbocycles. The number of aromatic nitrogens is 2. The molecule has 0 unspecified atom stereocenters. The zero-order chi connectivity index (χ0) is 15.8. The number of aryl methyl sites for hydroxylation is 1. The molecule has 7 nitrogen and oxygen atoms in total. The second-order valence-corrected chi connectivity index (χ2v) is 5.67. The molecular formula is C16H17N3O4. The number of fused-ring (bicyclic) bond motifs is 1. The van der Waals surface area contributed by atoms with Crippen LogP contribution in [0.15, 0.2) is 22.6 Å². The lowest BCUT2D eigenvalue weighted by atomic mass is 10.1. The highest BCUT2D eigenvalue weighted by atomic mass is 16.5. The molecular weight excluding hydrogens is 298 g/mol. The number of hydrogen-bond acceptors (Lipinski definition) is 6. The van der Waals surface area contributed by atoms with Crippen LogP contribution in [0.2, 0.25) is 0 Å². The van der Waals surface area contributed by atoms with Crippen LogP contribution >= 0.6 is 0 Å². The Morgan fingerprint density at radius 1 is 1.30 bits per heavy atom. The molecule has 1 saturated heterocycles. The van der Waals surface area contributed by atoms with Crippen molar-refractivity contribution in [3.8, 4) is 5.75 Å². The molecule has 0 bridgehead atoms. The van der Waals surface area contributed by atoms with E-state index in [-0.39, 0.29) is 11.9 Å². The number of rotatable bonds is 2. The smallest absolute Gasteiger partial charge is 0.254 e. The number of hydrogen-bond donors (Lipinski definition) is 0. The molecule has 0 aliphatic carbocycles. The summed E-state index contributed by atoms with van der Waals surface area (Å²) in [5.74, 6) is 1.71. The summed E-state index contributed by atoms with van der Waals surface area (Å²) in [5.41, 5.74) is 1.73. The Hall–Kier alpha value is -2.41. The molecule has 1 aromatic carbocycles. The van der Waals surface area contributed by atoms with Crippen LogP contribution in [0.4, 0.5) is 0 Å². The predicted molar refractivity (Wildman–Crippen MR) is 79.3 cm³/mol. The summed E-state index contributed by atoms with van der Waals surface area (Å²) in [5, 5.41) is 7.89. The maximum absolute atomic E-state index is 12.9. The number of benzene rings is 1. The van der Waals surface area contributed by atoms with E-state index in [1.165, 1.54) is 0 Å². The van der Waals surface area contributed by atoms with Crippen molar-refractivity contribution in [1.82, 2.24) is 15.1 Å². The summed E-state index contributed by atoms with van der Waals surface area (Å²) in [7, 11) is 0.